The molecule has 0 radical (unpaired) electrons. The van der Waals surface area contributed by atoms with Crippen LogP contribution in [0, 0.1) is 0 Å². The maximum absolute atomic E-state index is 12.5. The van der Waals surface area contributed by atoms with Gasteiger partial charge in [-0.1, -0.05) is 42.1 Å². The highest BCUT2D eigenvalue weighted by Gasteiger charge is 2.19. The molecule has 1 amide bonds. The maximum atomic E-state index is 12.5. The predicted molar refractivity (Wildman–Crippen MR) is 109 cm³/mol. The number of rotatable bonds is 6. The topological polar surface area (TPSA) is 68.0 Å². The van der Waals surface area contributed by atoms with Crippen LogP contribution in [0.25, 0.3) is 21.3 Å². The Bertz CT molecular complexity index is 1050. The van der Waals surface area contributed by atoms with Gasteiger partial charge in [0.15, 0.2) is 0 Å². The third-order valence-electron chi connectivity index (χ3n) is 4.09. The summed E-state index contributed by atoms with van der Waals surface area (Å²) in [6.45, 7) is 2.26. The van der Waals surface area contributed by atoms with Crippen LogP contribution in [0.15, 0.2) is 69.9 Å². The first-order chi connectivity index (χ1) is 13.2. The van der Waals surface area contributed by atoms with Gasteiger partial charge in [0.05, 0.1) is 23.4 Å². The summed E-state index contributed by atoms with van der Waals surface area (Å²) in [4.78, 5) is 22.2. The Morgan fingerprint density at radius 3 is 2.85 bits per heavy atom. The highest BCUT2D eigenvalue weighted by Crippen LogP contribution is 2.38. The summed E-state index contributed by atoms with van der Waals surface area (Å²) >= 11 is 3.03. The molecular formula is C20H17N3O2S2. The van der Waals surface area contributed by atoms with E-state index in [1.807, 2.05) is 31.2 Å². The van der Waals surface area contributed by atoms with E-state index in [1.54, 1.807) is 30.0 Å². The SMILES string of the molecule is C[C@H](Sc1ncnc2scc(-c3ccccc3)c12)C(=O)NCc1ccco1. The quantitative estimate of drug-likeness (QED) is 0.377. The standard InChI is InChI=1S/C20H17N3O2S2/c1-13(18(24)21-10-15-8-5-9-25-15)27-20-17-16(14-6-3-2-4-7-14)11-26-19(17)22-12-23-20/h2-9,11-13H,10H2,1H3,(H,21,24)/t13-/m0/s1. The van der Waals surface area contributed by atoms with Crippen molar-refractivity contribution in [2.75, 3.05) is 0 Å². The molecule has 7 heteroatoms. The van der Waals surface area contributed by atoms with Crippen molar-refractivity contribution in [1.82, 2.24) is 15.3 Å². The maximum Gasteiger partial charge on any atom is 0.233 e. The number of furan rings is 1. The molecule has 1 atom stereocenters. The Hall–Kier alpha value is -2.64. The summed E-state index contributed by atoms with van der Waals surface area (Å²) in [5, 5.41) is 6.53. The smallest absolute Gasteiger partial charge is 0.233 e. The minimum Gasteiger partial charge on any atom is -0.467 e. The van der Waals surface area contributed by atoms with Gasteiger partial charge in [-0.15, -0.1) is 11.3 Å². The zero-order valence-electron chi connectivity index (χ0n) is 14.6. The van der Waals surface area contributed by atoms with Crippen LogP contribution in [0.5, 0.6) is 0 Å². The fraction of sp³-hybridized carbons (Fsp3) is 0.150. The second kappa shape index (κ2) is 7.94. The Labute approximate surface area is 164 Å². The number of hydrogen-bond donors (Lipinski definition) is 1. The number of aromatic nitrogens is 2. The molecular weight excluding hydrogens is 378 g/mol. The van der Waals surface area contributed by atoms with E-state index in [-0.39, 0.29) is 11.2 Å². The normalized spacial score (nSPS) is 12.2. The molecule has 4 rings (SSSR count). The highest BCUT2D eigenvalue weighted by atomic mass is 32.2. The second-order valence-electron chi connectivity index (χ2n) is 5.93. The molecule has 0 aliphatic heterocycles. The molecule has 0 aliphatic rings. The predicted octanol–water partition coefficient (Wildman–Crippen LogP) is 4.75. The lowest BCUT2D eigenvalue weighted by molar-refractivity contribution is -0.120. The third kappa shape index (κ3) is 3.89. The largest absolute Gasteiger partial charge is 0.467 e. The van der Waals surface area contributed by atoms with Crippen LogP contribution < -0.4 is 5.32 Å². The number of benzene rings is 1. The lowest BCUT2D eigenvalue weighted by Gasteiger charge is -2.12. The fourth-order valence-electron chi connectivity index (χ4n) is 2.72. The van der Waals surface area contributed by atoms with Crippen LogP contribution in [-0.2, 0) is 11.3 Å². The van der Waals surface area contributed by atoms with Gasteiger partial charge in [0.25, 0.3) is 0 Å². The highest BCUT2D eigenvalue weighted by molar-refractivity contribution is 8.00. The van der Waals surface area contributed by atoms with Crippen LogP contribution in [0.1, 0.15) is 12.7 Å². The van der Waals surface area contributed by atoms with Crippen molar-refractivity contribution >= 4 is 39.2 Å². The summed E-state index contributed by atoms with van der Waals surface area (Å²) in [5.74, 6) is 0.675. The van der Waals surface area contributed by atoms with E-state index in [2.05, 4.69) is 32.8 Å². The lowest BCUT2D eigenvalue weighted by Crippen LogP contribution is -2.30. The molecule has 3 heterocycles. The van der Waals surface area contributed by atoms with Crippen molar-refractivity contribution in [3.8, 4) is 11.1 Å². The molecule has 0 bridgehead atoms. The van der Waals surface area contributed by atoms with Crippen molar-refractivity contribution in [3.05, 3.63) is 66.2 Å². The average molecular weight is 396 g/mol. The molecule has 1 N–H and O–H groups in total. The number of fused-ring (bicyclic) bond motifs is 1. The second-order valence-corrected chi connectivity index (χ2v) is 8.12. The van der Waals surface area contributed by atoms with Crippen LogP contribution >= 0.6 is 23.1 Å². The van der Waals surface area contributed by atoms with Gasteiger partial charge in [0, 0.05) is 10.9 Å². The Kier molecular flexibility index (Phi) is 5.22. The molecule has 1 aromatic carbocycles. The minimum atomic E-state index is -0.290. The molecule has 5 nitrogen and oxygen atoms in total. The molecule has 0 spiro atoms. The molecule has 4 aromatic rings. The zero-order valence-corrected chi connectivity index (χ0v) is 16.2. The van der Waals surface area contributed by atoms with Crippen molar-refractivity contribution < 1.29 is 9.21 Å². The molecule has 27 heavy (non-hydrogen) atoms. The van der Waals surface area contributed by atoms with E-state index in [1.165, 1.54) is 11.8 Å². The van der Waals surface area contributed by atoms with Crippen molar-refractivity contribution in [2.45, 2.75) is 23.7 Å². The third-order valence-corrected chi connectivity index (χ3v) is 6.08. The van der Waals surface area contributed by atoms with E-state index in [0.29, 0.717) is 6.54 Å². The number of thioether (sulfide) groups is 1. The van der Waals surface area contributed by atoms with Crippen molar-refractivity contribution in [2.24, 2.45) is 0 Å². The summed E-state index contributed by atoms with van der Waals surface area (Å²) in [7, 11) is 0. The first-order valence-electron chi connectivity index (χ1n) is 8.47. The van der Waals surface area contributed by atoms with Gasteiger partial charge in [-0.25, -0.2) is 9.97 Å². The number of thiophene rings is 1. The Morgan fingerprint density at radius 1 is 1.22 bits per heavy atom. The van der Waals surface area contributed by atoms with Crippen LogP contribution in [0.4, 0.5) is 0 Å². The number of hydrogen-bond acceptors (Lipinski definition) is 6. The van der Waals surface area contributed by atoms with Gasteiger partial charge < -0.3 is 9.73 Å². The van der Waals surface area contributed by atoms with Crippen molar-refractivity contribution in [3.63, 3.8) is 0 Å². The van der Waals surface area contributed by atoms with E-state index in [4.69, 9.17) is 4.42 Å². The van der Waals surface area contributed by atoms with Gasteiger partial charge in [0.2, 0.25) is 5.91 Å². The minimum absolute atomic E-state index is 0.0559. The molecule has 0 saturated heterocycles. The number of nitrogens with one attached hydrogen (secondary N) is 1. The summed E-state index contributed by atoms with van der Waals surface area (Å²) in [6, 6.07) is 13.8. The molecule has 0 unspecified atom stereocenters. The summed E-state index contributed by atoms with van der Waals surface area (Å²) < 4.78 is 5.25. The Balaban J connectivity index is 1.56. The first kappa shape index (κ1) is 17.8. The monoisotopic (exact) mass is 395 g/mol. The molecule has 0 saturated carbocycles. The number of amides is 1. The van der Waals surface area contributed by atoms with Crippen LogP contribution in [0.2, 0.25) is 0 Å². The van der Waals surface area contributed by atoms with E-state index >= 15 is 0 Å². The summed E-state index contributed by atoms with van der Waals surface area (Å²) in [6.07, 6.45) is 3.16. The Morgan fingerprint density at radius 2 is 2.07 bits per heavy atom. The van der Waals surface area contributed by atoms with Crippen LogP contribution in [0.3, 0.4) is 0 Å². The van der Waals surface area contributed by atoms with Gasteiger partial charge in [-0.05, 0) is 24.6 Å². The summed E-state index contributed by atoms with van der Waals surface area (Å²) in [5.41, 5.74) is 2.22. The van der Waals surface area contributed by atoms with E-state index < -0.39 is 0 Å². The van der Waals surface area contributed by atoms with Crippen LogP contribution in [-0.4, -0.2) is 21.1 Å². The van der Waals surface area contributed by atoms with E-state index in [0.717, 1.165) is 32.1 Å². The number of nitrogens with zero attached hydrogens (tertiary/aromatic N) is 2. The van der Waals surface area contributed by atoms with Crippen molar-refractivity contribution in [1.29, 1.82) is 0 Å². The zero-order chi connectivity index (χ0) is 18.6. The van der Waals surface area contributed by atoms with Gasteiger partial charge in [-0.2, -0.15) is 0 Å². The average Bonchev–Trinajstić information content (AvgIpc) is 3.37. The van der Waals surface area contributed by atoms with Gasteiger partial charge in [-0.3, -0.25) is 4.79 Å². The first-order valence-corrected chi connectivity index (χ1v) is 10.2. The van der Waals surface area contributed by atoms with Gasteiger partial charge in [0.1, 0.15) is 21.9 Å². The van der Waals surface area contributed by atoms with E-state index in [9.17, 15) is 4.79 Å². The molecule has 0 aliphatic carbocycles. The molecule has 0 fully saturated rings. The lowest BCUT2D eigenvalue weighted by atomic mass is 10.1. The number of carbonyl (C=O) groups excluding carboxylic acids is 1. The molecule has 136 valence electrons. The fourth-order valence-corrected chi connectivity index (χ4v) is 4.66. The van der Waals surface area contributed by atoms with Gasteiger partial charge >= 0.3 is 0 Å². The number of carbonyl (C=O) groups is 1. The molecule has 3 aromatic heterocycles.